The Labute approximate surface area is 442 Å². The molecule has 14 nitrogen and oxygen atoms in total. The minimum absolute atomic E-state index is 0.0116. The second kappa shape index (κ2) is 27.3. The van der Waals surface area contributed by atoms with E-state index in [-0.39, 0.29) is 76.0 Å². The average molecular weight is 1040 g/mol. The first-order valence-electron chi connectivity index (χ1n) is 25.7. The highest BCUT2D eigenvalue weighted by Crippen LogP contribution is 2.62. The molecule has 3 aliphatic rings. The second-order valence-electron chi connectivity index (χ2n) is 18.9. The van der Waals surface area contributed by atoms with Crippen LogP contribution in [0.25, 0.3) is 0 Å². The lowest BCUT2D eigenvalue weighted by atomic mass is 9.55. The number of allylic oxidation sites excluding steroid dienone is 1. The number of unbranched alkanes of at least 4 members (excludes halogenated alkanes) is 2. The Kier molecular flexibility index (Phi) is 19.9. The molecule has 0 unspecified atom stereocenters. The lowest BCUT2D eigenvalue weighted by Crippen LogP contribution is -2.70. The number of oxime groups is 1. The summed E-state index contributed by atoms with van der Waals surface area (Å²) in [6.45, 7) is 4.92. The molecule has 0 saturated heterocycles. The third-order valence-electron chi connectivity index (χ3n) is 14.0. The van der Waals surface area contributed by atoms with Crippen molar-refractivity contribution in [1.82, 2.24) is 4.90 Å². The summed E-state index contributed by atoms with van der Waals surface area (Å²) in [5.41, 5.74) is 4.45. The summed E-state index contributed by atoms with van der Waals surface area (Å²) in [6, 6.07) is 36.8. The van der Waals surface area contributed by atoms with Crippen molar-refractivity contribution in [3.05, 3.63) is 190 Å². The third kappa shape index (κ3) is 14.0. The molecule has 396 valence electrons. The van der Waals surface area contributed by atoms with Crippen LogP contribution in [0.2, 0.25) is 0 Å². The molecule has 1 fully saturated rings. The minimum Gasteiger partial charge on any atom is -0.493 e. The number of nitro benzene ring substituents is 1. The number of hydrogen-bond acceptors (Lipinski definition) is 13. The molecule has 8 rings (SSSR count). The highest BCUT2D eigenvalue weighted by molar-refractivity contribution is 7.99. The van der Waals surface area contributed by atoms with Crippen molar-refractivity contribution in [3.63, 3.8) is 0 Å². The molecular weight excluding hydrogens is 978 g/mol. The van der Waals surface area contributed by atoms with Crippen molar-refractivity contribution < 1.29 is 52.8 Å². The van der Waals surface area contributed by atoms with E-state index in [2.05, 4.69) is 30.9 Å². The van der Waals surface area contributed by atoms with Gasteiger partial charge in [-0.3, -0.25) is 15.0 Å². The fourth-order valence-electron chi connectivity index (χ4n) is 10.6. The molecular formula is C59H66FN3O11S. The molecule has 5 aromatic carbocycles. The van der Waals surface area contributed by atoms with Crippen molar-refractivity contribution in [2.45, 2.75) is 87.3 Å². The van der Waals surface area contributed by atoms with Crippen LogP contribution < -0.4 is 9.47 Å². The van der Waals surface area contributed by atoms with Gasteiger partial charge in [0, 0.05) is 60.4 Å². The lowest BCUT2D eigenvalue weighted by molar-refractivity contribution is -0.384. The number of amides is 1. The smallest absolute Gasteiger partial charge is 0.410 e. The van der Waals surface area contributed by atoms with E-state index >= 15 is 4.79 Å². The first-order valence-corrected chi connectivity index (χ1v) is 26.7. The summed E-state index contributed by atoms with van der Waals surface area (Å²) in [6.07, 6.45) is 7.43. The maximum absolute atomic E-state index is 15.1. The number of non-ortho nitro benzene ring substituents is 1. The summed E-state index contributed by atoms with van der Waals surface area (Å²) >= 11 is 1.71. The fraction of sp³-hybridized carbons (Fsp3) is 0.390. The minimum atomic E-state index is -1.61. The molecule has 2 aliphatic carbocycles. The molecule has 0 radical (unpaired) electrons. The lowest BCUT2D eigenvalue weighted by Gasteiger charge is -2.59. The second-order valence-corrected chi connectivity index (χ2v) is 20.1. The zero-order valence-electron chi connectivity index (χ0n) is 42.1. The predicted molar refractivity (Wildman–Crippen MR) is 285 cm³/mol. The molecule has 75 heavy (non-hydrogen) atoms. The number of hydrogen-bond donors (Lipinski definition) is 2. The molecule has 1 saturated carbocycles. The largest absolute Gasteiger partial charge is 0.493 e. The zero-order chi connectivity index (χ0) is 52.4. The number of rotatable bonds is 28. The number of halogens is 1. The summed E-state index contributed by atoms with van der Waals surface area (Å²) in [5, 5.41) is 36.5. The highest BCUT2D eigenvalue weighted by Gasteiger charge is 2.65. The van der Waals surface area contributed by atoms with Crippen molar-refractivity contribution in [2.75, 3.05) is 45.4 Å². The van der Waals surface area contributed by atoms with Crippen LogP contribution in [-0.4, -0.2) is 89.1 Å². The van der Waals surface area contributed by atoms with Crippen molar-refractivity contribution in [3.8, 4) is 11.5 Å². The van der Waals surface area contributed by atoms with Crippen molar-refractivity contribution in [1.29, 1.82) is 0 Å². The quantitative estimate of drug-likeness (QED) is 0.0160. The van der Waals surface area contributed by atoms with Gasteiger partial charge in [0.2, 0.25) is 5.79 Å². The van der Waals surface area contributed by atoms with Gasteiger partial charge in [0.25, 0.3) is 5.69 Å². The summed E-state index contributed by atoms with van der Waals surface area (Å²) < 4.78 is 47.6. The van der Waals surface area contributed by atoms with Crippen LogP contribution in [0, 0.1) is 33.7 Å². The molecule has 0 aromatic heterocycles. The van der Waals surface area contributed by atoms with Gasteiger partial charge in [-0.1, -0.05) is 90.8 Å². The molecule has 1 heterocycles. The SMILES string of the molecule is C=CCO[C@@]12Oc3ccc(OCCSc4ccccc4)cc3[C@H]3[C@H](CCCCO)[C@@H](CCCCO)C=C(C(=NOCc4ccc([N+](=O)[O-])cc4)C[C@@H]1N(Cc1ccc(F)cc1)C(=O)OCCOCc1ccccc1)[C@H]32. The number of ether oxygens (including phenoxy) is 5. The van der Waals surface area contributed by atoms with E-state index in [4.69, 9.17) is 33.7 Å². The Morgan fingerprint density at radius 1 is 0.867 bits per heavy atom. The van der Waals surface area contributed by atoms with E-state index in [0.717, 1.165) is 47.3 Å². The Morgan fingerprint density at radius 3 is 2.29 bits per heavy atom. The Hall–Kier alpha value is -6.56. The normalized spacial score (nSPS) is 21.0. The van der Waals surface area contributed by atoms with Crippen molar-refractivity contribution in [2.24, 2.45) is 22.9 Å². The predicted octanol–water partition coefficient (Wildman–Crippen LogP) is 11.6. The van der Waals surface area contributed by atoms with E-state index in [1.165, 1.54) is 24.3 Å². The Morgan fingerprint density at radius 2 is 1.57 bits per heavy atom. The van der Waals surface area contributed by atoms with Gasteiger partial charge in [0.15, 0.2) is 0 Å². The van der Waals surface area contributed by atoms with E-state index in [1.807, 2.05) is 60.7 Å². The van der Waals surface area contributed by atoms with Gasteiger partial charge in [-0.15, -0.1) is 18.3 Å². The van der Waals surface area contributed by atoms with Crippen LogP contribution in [0.4, 0.5) is 14.9 Å². The highest BCUT2D eigenvalue weighted by atomic mass is 32.2. The molecule has 6 atom stereocenters. The van der Waals surface area contributed by atoms with Crippen LogP contribution >= 0.6 is 11.8 Å². The number of carbonyl (C=O) groups is 1. The molecule has 0 bridgehead atoms. The summed E-state index contributed by atoms with van der Waals surface area (Å²) in [5.74, 6) is -1.18. The maximum atomic E-state index is 15.1. The standard InChI is InChI=1S/C59H66FN3O11S/c1-2-31-72-59-55(62(39-42-19-23-46(60)24-20-42)58(66)71-33-32-69-40-43-13-5-3-6-14-43)38-53(61-73-41-44-21-25-47(26-22-44)63(67)68)51-36-45(15-9-11-29-64)50(18-10-12-30-65)56(57(51)59)52-37-48(27-28-54(52)74-59)70-34-35-75-49-16-7-4-8-17-49/h2-8,13-14,16-17,19-28,36-37,45,50,55-57,64-65H,1,9-12,15,18,29-35,38-41H2/t45-,50+,55-,56+,57+,59+/m0/s1. The van der Waals surface area contributed by atoms with Crippen LogP contribution in [-0.2, 0) is 38.8 Å². The fourth-order valence-corrected chi connectivity index (χ4v) is 11.3. The van der Waals surface area contributed by atoms with Gasteiger partial charge >= 0.3 is 6.09 Å². The summed E-state index contributed by atoms with van der Waals surface area (Å²) in [4.78, 5) is 35.0. The third-order valence-corrected chi connectivity index (χ3v) is 15.0. The van der Waals surface area contributed by atoms with Crippen LogP contribution in [0.15, 0.2) is 162 Å². The number of nitrogens with zero attached hydrogens (tertiary/aromatic N) is 3. The number of fused-ring (bicyclic) bond motifs is 2. The number of aliphatic hydroxyl groups is 2. The van der Waals surface area contributed by atoms with E-state index in [9.17, 15) is 24.7 Å². The molecule has 16 heteroatoms. The first kappa shape index (κ1) is 54.7. The monoisotopic (exact) mass is 1040 g/mol. The first-order chi connectivity index (χ1) is 36.7. The van der Waals surface area contributed by atoms with Gasteiger partial charge < -0.3 is 38.7 Å². The van der Waals surface area contributed by atoms with E-state index in [0.29, 0.717) is 60.1 Å². The number of carbonyl (C=O) groups excluding carboxylic acids is 1. The molecule has 1 aliphatic heterocycles. The van der Waals surface area contributed by atoms with Gasteiger partial charge in [-0.2, -0.15) is 0 Å². The van der Waals surface area contributed by atoms with Gasteiger partial charge in [-0.05, 0) is 114 Å². The van der Waals surface area contributed by atoms with E-state index < -0.39 is 34.6 Å². The summed E-state index contributed by atoms with van der Waals surface area (Å²) in [7, 11) is 0. The molecule has 1 amide bonds. The number of nitro groups is 1. The maximum Gasteiger partial charge on any atom is 0.410 e. The van der Waals surface area contributed by atoms with Gasteiger partial charge in [-0.25, -0.2) is 9.18 Å². The molecule has 5 aromatic rings. The topological polar surface area (TPSA) is 172 Å². The zero-order valence-corrected chi connectivity index (χ0v) is 42.9. The van der Waals surface area contributed by atoms with E-state index in [1.54, 1.807) is 47.0 Å². The number of aliphatic hydroxyl groups excluding tert-OH is 2. The van der Waals surface area contributed by atoms with Gasteiger partial charge in [0.05, 0.1) is 43.0 Å². The van der Waals surface area contributed by atoms with Crippen LogP contribution in [0.3, 0.4) is 0 Å². The Bertz CT molecular complexity index is 2700. The average Bonchev–Trinajstić information content (AvgIpc) is 3.43. The van der Waals surface area contributed by atoms with Crippen LogP contribution in [0.5, 0.6) is 11.5 Å². The van der Waals surface area contributed by atoms with Crippen LogP contribution in [0.1, 0.15) is 73.1 Å². The van der Waals surface area contributed by atoms with Gasteiger partial charge in [0.1, 0.15) is 36.6 Å². The Balaban J connectivity index is 1.24. The number of thioether (sulfide) groups is 1. The van der Waals surface area contributed by atoms with Crippen molar-refractivity contribution >= 4 is 29.3 Å². The number of benzene rings is 5. The molecule has 0 spiro atoms. The molecule has 2 N–H and O–H groups in total.